The molecule has 0 spiro atoms. The van der Waals surface area contributed by atoms with Crippen LogP contribution in [0.1, 0.15) is 11.1 Å². The topological polar surface area (TPSA) is 71.3 Å². The first-order valence-corrected chi connectivity index (χ1v) is 8.31. The summed E-state index contributed by atoms with van der Waals surface area (Å²) in [4.78, 5) is 0.00214. The highest BCUT2D eigenvalue weighted by Gasteiger charge is 2.20. The Kier molecular flexibility index (Phi) is 5.29. The average Bonchev–Trinajstić information content (AvgIpc) is 2.93. The molecule has 0 saturated carbocycles. The zero-order chi connectivity index (χ0) is 15.5. The van der Waals surface area contributed by atoms with E-state index >= 15 is 0 Å². The maximum Gasteiger partial charge on any atom is 0.242 e. The van der Waals surface area contributed by atoms with Gasteiger partial charge in [-0.25, -0.2) is 13.1 Å². The monoisotopic (exact) mass is 348 g/mol. The number of rotatable bonds is 6. The largest absolute Gasteiger partial charge is 0.472 e. The van der Waals surface area contributed by atoms with Gasteiger partial charge in [0, 0.05) is 23.7 Å². The summed E-state index contributed by atoms with van der Waals surface area (Å²) in [5.74, 6) is 0. The molecule has 5 nitrogen and oxygen atoms in total. The Morgan fingerprint density at radius 2 is 1.95 bits per heavy atom. The van der Waals surface area contributed by atoms with Crippen LogP contribution in [0.15, 0.2) is 40.0 Å². The lowest BCUT2D eigenvalue weighted by Crippen LogP contribution is -2.23. The fourth-order valence-corrected chi connectivity index (χ4v) is 3.63. The minimum Gasteiger partial charge on any atom is -0.472 e. The van der Waals surface area contributed by atoms with Gasteiger partial charge >= 0.3 is 0 Å². The first-order valence-electron chi connectivity index (χ1n) is 6.07. The number of hydrogen-bond acceptors (Lipinski definition) is 4. The van der Waals surface area contributed by atoms with Crippen molar-refractivity contribution in [2.24, 2.45) is 0 Å². The summed E-state index contributed by atoms with van der Waals surface area (Å²) in [6, 6.07) is 4.58. The molecule has 0 amide bonds. The molecule has 0 saturated heterocycles. The van der Waals surface area contributed by atoms with Gasteiger partial charge in [0.05, 0.1) is 17.5 Å². The molecule has 0 aliphatic carbocycles. The van der Waals surface area contributed by atoms with Gasteiger partial charge in [-0.3, -0.25) is 0 Å². The standard InChI is InChI=1S/C13H14Cl2N2O3S/c1-16-7-10-4-13(12(15)5-11(10)14)21(18,19)17-6-9-2-3-20-8-9/h2-5,8,16-17H,6-7H2,1H3. The highest BCUT2D eigenvalue weighted by Crippen LogP contribution is 2.28. The van der Waals surface area contributed by atoms with Crippen molar-refractivity contribution in [2.45, 2.75) is 18.0 Å². The second-order valence-corrected chi connectivity index (χ2v) is 6.91. The van der Waals surface area contributed by atoms with Crippen LogP contribution in [0.2, 0.25) is 10.0 Å². The van der Waals surface area contributed by atoms with E-state index in [-0.39, 0.29) is 16.5 Å². The Hall–Kier alpha value is -1.05. The molecule has 2 N–H and O–H groups in total. The third-order valence-corrected chi connectivity index (χ3v) is 5.02. The van der Waals surface area contributed by atoms with Crippen LogP contribution in [0, 0.1) is 0 Å². The Labute approximate surface area is 133 Å². The Balaban J connectivity index is 2.28. The van der Waals surface area contributed by atoms with Crippen molar-refractivity contribution >= 4 is 33.2 Å². The number of hydrogen-bond donors (Lipinski definition) is 2. The van der Waals surface area contributed by atoms with Crippen LogP contribution in [0.25, 0.3) is 0 Å². The molecule has 0 atom stereocenters. The van der Waals surface area contributed by atoms with E-state index in [1.807, 2.05) is 0 Å². The zero-order valence-corrected chi connectivity index (χ0v) is 13.5. The van der Waals surface area contributed by atoms with Crippen LogP contribution in [0.4, 0.5) is 0 Å². The fourth-order valence-electron chi connectivity index (χ4n) is 1.75. The molecule has 21 heavy (non-hydrogen) atoms. The summed E-state index contributed by atoms with van der Waals surface area (Å²) < 4.78 is 32.0. The maximum atomic E-state index is 12.3. The third-order valence-electron chi connectivity index (χ3n) is 2.80. The van der Waals surface area contributed by atoms with E-state index in [4.69, 9.17) is 27.6 Å². The van der Waals surface area contributed by atoms with Crippen LogP contribution in [0.3, 0.4) is 0 Å². The number of furan rings is 1. The number of halogens is 2. The van der Waals surface area contributed by atoms with E-state index in [0.29, 0.717) is 17.1 Å². The fraction of sp³-hybridized carbons (Fsp3) is 0.231. The molecule has 0 aliphatic rings. The van der Waals surface area contributed by atoms with Crippen LogP contribution in [0.5, 0.6) is 0 Å². The molecule has 0 bridgehead atoms. The number of nitrogens with one attached hydrogen (secondary N) is 2. The molecule has 0 unspecified atom stereocenters. The van der Waals surface area contributed by atoms with Crippen LogP contribution >= 0.6 is 23.2 Å². The minimum absolute atomic E-state index is 0.00214. The molecule has 2 aromatic rings. The normalized spacial score (nSPS) is 11.8. The lowest BCUT2D eigenvalue weighted by atomic mass is 10.2. The second kappa shape index (κ2) is 6.81. The minimum atomic E-state index is -3.73. The first kappa shape index (κ1) is 16.3. The van der Waals surface area contributed by atoms with Gasteiger partial charge in [0.25, 0.3) is 0 Å². The summed E-state index contributed by atoms with van der Waals surface area (Å²) in [5, 5.41) is 3.42. The van der Waals surface area contributed by atoms with Gasteiger partial charge in [-0.15, -0.1) is 0 Å². The maximum absolute atomic E-state index is 12.3. The van der Waals surface area contributed by atoms with E-state index in [2.05, 4.69) is 10.0 Å². The van der Waals surface area contributed by atoms with Crippen molar-refractivity contribution in [1.29, 1.82) is 0 Å². The highest BCUT2D eigenvalue weighted by molar-refractivity contribution is 7.89. The molecule has 1 aromatic heterocycles. The molecule has 8 heteroatoms. The summed E-state index contributed by atoms with van der Waals surface area (Å²) in [7, 11) is -1.99. The zero-order valence-electron chi connectivity index (χ0n) is 11.2. The smallest absolute Gasteiger partial charge is 0.242 e. The molecular formula is C13H14Cl2N2O3S. The van der Waals surface area contributed by atoms with Crippen LogP contribution in [-0.2, 0) is 23.1 Å². The van der Waals surface area contributed by atoms with E-state index in [1.165, 1.54) is 24.7 Å². The predicted molar refractivity (Wildman–Crippen MR) is 82.0 cm³/mol. The van der Waals surface area contributed by atoms with E-state index in [1.54, 1.807) is 13.1 Å². The highest BCUT2D eigenvalue weighted by atomic mass is 35.5. The second-order valence-electron chi connectivity index (χ2n) is 4.36. The van der Waals surface area contributed by atoms with Gasteiger partial charge in [0.2, 0.25) is 10.0 Å². The summed E-state index contributed by atoms with van der Waals surface area (Å²) in [6.07, 6.45) is 2.95. The van der Waals surface area contributed by atoms with Crippen molar-refractivity contribution in [1.82, 2.24) is 10.0 Å². The van der Waals surface area contributed by atoms with Crippen molar-refractivity contribution in [3.05, 3.63) is 51.9 Å². The van der Waals surface area contributed by atoms with Crippen molar-refractivity contribution in [2.75, 3.05) is 7.05 Å². The predicted octanol–water partition coefficient (Wildman–Crippen LogP) is 2.78. The van der Waals surface area contributed by atoms with E-state index in [0.717, 1.165) is 5.56 Å². The van der Waals surface area contributed by atoms with Gasteiger partial charge in [0.15, 0.2) is 0 Å². The molecule has 1 heterocycles. The summed E-state index contributed by atoms with van der Waals surface area (Å²) >= 11 is 12.0. The SMILES string of the molecule is CNCc1cc(S(=O)(=O)NCc2ccoc2)c(Cl)cc1Cl. The lowest BCUT2D eigenvalue weighted by Gasteiger charge is -2.11. The average molecular weight is 349 g/mol. The molecule has 0 radical (unpaired) electrons. The molecule has 2 rings (SSSR count). The first-order chi connectivity index (χ1) is 9.94. The lowest BCUT2D eigenvalue weighted by molar-refractivity contribution is 0.561. The quantitative estimate of drug-likeness (QED) is 0.841. The van der Waals surface area contributed by atoms with Gasteiger partial charge < -0.3 is 9.73 Å². The third kappa shape index (κ3) is 3.99. The Morgan fingerprint density at radius 3 is 2.57 bits per heavy atom. The Morgan fingerprint density at radius 1 is 1.19 bits per heavy atom. The van der Waals surface area contributed by atoms with Gasteiger partial charge in [-0.05, 0) is 30.8 Å². The van der Waals surface area contributed by atoms with Crippen LogP contribution < -0.4 is 10.0 Å². The van der Waals surface area contributed by atoms with Crippen molar-refractivity contribution in [3.63, 3.8) is 0 Å². The summed E-state index contributed by atoms with van der Waals surface area (Å²) in [5.41, 5.74) is 1.38. The van der Waals surface area contributed by atoms with Crippen LogP contribution in [-0.4, -0.2) is 15.5 Å². The van der Waals surface area contributed by atoms with Crippen molar-refractivity contribution < 1.29 is 12.8 Å². The van der Waals surface area contributed by atoms with Gasteiger partial charge in [0.1, 0.15) is 4.90 Å². The molecular weight excluding hydrogens is 335 g/mol. The van der Waals surface area contributed by atoms with E-state index < -0.39 is 10.0 Å². The molecule has 0 fully saturated rings. The number of benzene rings is 1. The molecule has 0 aliphatic heterocycles. The van der Waals surface area contributed by atoms with Gasteiger partial charge in [-0.2, -0.15) is 0 Å². The molecule has 1 aromatic carbocycles. The number of sulfonamides is 1. The van der Waals surface area contributed by atoms with Gasteiger partial charge in [-0.1, -0.05) is 23.2 Å². The van der Waals surface area contributed by atoms with E-state index in [9.17, 15) is 8.42 Å². The summed E-state index contributed by atoms with van der Waals surface area (Å²) in [6.45, 7) is 0.569. The van der Waals surface area contributed by atoms with Crippen molar-refractivity contribution in [3.8, 4) is 0 Å². The molecule has 114 valence electrons. The Bertz CT molecular complexity index is 715.